The summed E-state index contributed by atoms with van der Waals surface area (Å²) in [5.41, 5.74) is 6.44. The van der Waals surface area contributed by atoms with Crippen LogP contribution < -0.4 is 10.0 Å². The van der Waals surface area contributed by atoms with E-state index in [1.165, 1.54) is 28.6 Å². The van der Waals surface area contributed by atoms with E-state index in [4.69, 9.17) is 5.73 Å². The predicted molar refractivity (Wildman–Crippen MR) is 80.9 cm³/mol. The first-order valence-corrected chi connectivity index (χ1v) is 8.01. The van der Waals surface area contributed by atoms with Crippen LogP contribution in [0.25, 0.3) is 0 Å². The molecule has 0 atom stereocenters. The molecule has 112 valence electrons. The van der Waals surface area contributed by atoms with E-state index in [9.17, 15) is 12.8 Å². The number of nitrogens with two attached hydrogens (primary N) is 1. The quantitative estimate of drug-likeness (QED) is 0.923. The largest absolute Gasteiger partial charge is 0.326 e. The summed E-state index contributed by atoms with van der Waals surface area (Å²) < 4.78 is 40.1. The smallest absolute Gasteiger partial charge is 0.264 e. The van der Waals surface area contributed by atoms with Crippen molar-refractivity contribution in [1.82, 2.24) is 0 Å². The van der Waals surface area contributed by atoms with Crippen molar-refractivity contribution in [3.8, 4) is 0 Å². The van der Waals surface area contributed by atoms with E-state index in [0.717, 1.165) is 0 Å². The molecule has 0 bridgehead atoms. The maximum atomic E-state index is 13.4. The summed E-state index contributed by atoms with van der Waals surface area (Å²) in [5, 5.41) is 0. The van der Waals surface area contributed by atoms with Gasteiger partial charge in [0.1, 0.15) is 5.82 Å². The third-order valence-corrected chi connectivity index (χ3v) is 5.15. The first-order chi connectivity index (χ1) is 10.0. The molecule has 2 N–H and O–H groups in total. The number of nitrogens with zero attached hydrogens (tertiary/aromatic N) is 1. The molecule has 2 aromatic carbocycles. The summed E-state index contributed by atoms with van der Waals surface area (Å²) in [7, 11) is -3.78. The Hall–Kier alpha value is -1.92. The van der Waals surface area contributed by atoms with E-state index >= 15 is 0 Å². The van der Waals surface area contributed by atoms with Crippen LogP contribution in [0.5, 0.6) is 0 Å². The molecular weight excluding hydrogens is 291 g/mol. The molecule has 0 spiro atoms. The first-order valence-electron chi connectivity index (χ1n) is 6.57. The zero-order valence-corrected chi connectivity index (χ0v) is 12.5. The summed E-state index contributed by atoms with van der Waals surface area (Å²) in [6.45, 7) is 2.02. The van der Waals surface area contributed by atoms with Gasteiger partial charge in [-0.3, -0.25) is 4.31 Å². The lowest BCUT2D eigenvalue weighted by Gasteiger charge is -2.24. The monoisotopic (exact) mass is 308 g/mol. The minimum atomic E-state index is -3.78. The molecule has 0 radical (unpaired) electrons. The maximum Gasteiger partial charge on any atom is 0.264 e. The number of hydrogen-bond acceptors (Lipinski definition) is 3. The van der Waals surface area contributed by atoms with Gasteiger partial charge in [0.15, 0.2) is 0 Å². The molecule has 0 aliphatic heterocycles. The topological polar surface area (TPSA) is 63.4 Å². The average molecular weight is 308 g/mol. The summed E-state index contributed by atoms with van der Waals surface area (Å²) in [4.78, 5) is 0.151. The summed E-state index contributed by atoms with van der Waals surface area (Å²) in [5.74, 6) is -0.478. The van der Waals surface area contributed by atoms with Crippen LogP contribution in [0.4, 0.5) is 10.1 Å². The van der Waals surface area contributed by atoms with Crippen molar-refractivity contribution in [2.75, 3.05) is 10.8 Å². The molecule has 6 heteroatoms. The molecule has 0 amide bonds. The minimum Gasteiger partial charge on any atom is -0.326 e. The van der Waals surface area contributed by atoms with E-state index in [1.54, 1.807) is 31.2 Å². The highest BCUT2D eigenvalue weighted by molar-refractivity contribution is 7.92. The van der Waals surface area contributed by atoms with Crippen LogP contribution >= 0.6 is 0 Å². The second-order valence-corrected chi connectivity index (χ2v) is 6.29. The highest BCUT2D eigenvalue weighted by atomic mass is 32.2. The average Bonchev–Trinajstić information content (AvgIpc) is 2.47. The Balaban J connectivity index is 2.55. The van der Waals surface area contributed by atoms with Gasteiger partial charge in [-0.2, -0.15) is 0 Å². The van der Waals surface area contributed by atoms with Crippen molar-refractivity contribution in [2.45, 2.75) is 18.4 Å². The maximum absolute atomic E-state index is 13.4. The predicted octanol–water partition coefficient (Wildman–Crippen LogP) is 2.50. The van der Waals surface area contributed by atoms with Gasteiger partial charge < -0.3 is 5.73 Å². The highest BCUT2D eigenvalue weighted by Crippen LogP contribution is 2.26. The van der Waals surface area contributed by atoms with Crippen LogP contribution in [0.2, 0.25) is 0 Å². The lowest BCUT2D eigenvalue weighted by molar-refractivity contribution is 0.590. The molecule has 21 heavy (non-hydrogen) atoms. The molecule has 0 aliphatic rings. The first kappa shape index (κ1) is 15.5. The lowest BCUT2D eigenvalue weighted by atomic mass is 10.2. The van der Waals surface area contributed by atoms with E-state index < -0.39 is 15.8 Å². The standard InChI is InChI=1S/C15H17FN2O2S/c1-2-18(14-8-5-7-13(16)10-14)21(19,20)15-9-4-3-6-12(15)11-17/h3-10H,2,11,17H2,1H3. The van der Waals surface area contributed by atoms with Gasteiger partial charge in [0, 0.05) is 13.1 Å². The fourth-order valence-corrected chi connectivity index (χ4v) is 3.87. The van der Waals surface area contributed by atoms with Crippen LogP contribution in [-0.2, 0) is 16.6 Å². The van der Waals surface area contributed by atoms with Crippen molar-refractivity contribution in [3.63, 3.8) is 0 Å². The third kappa shape index (κ3) is 3.06. The van der Waals surface area contributed by atoms with Gasteiger partial charge in [-0.25, -0.2) is 12.8 Å². The van der Waals surface area contributed by atoms with Crippen LogP contribution in [0.15, 0.2) is 53.4 Å². The molecule has 0 heterocycles. The second kappa shape index (κ2) is 6.24. The molecular formula is C15H17FN2O2S. The normalized spacial score (nSPS) is 11.4. The zero-order chi connectivity index (χ0) is 15.5. The van der Waals surface area contributed by atoms with Gasteiger partial charge in [-0.1, -0.05) is 24.3 Å². The Bertz CT molecular complexity index is 732. The molecule has 2 rings (SSSR count). The number of rotatable bonds is 5. The van der Waals surface area contributed by atoms with Gasteiger partial charge in [-0.05, 0) is 36.8 Å². The van der Waals surface area contributed by atoms with Gasteiger partial charge in [0.05, 0.1) is 10.6 Å². The minimum absolute atomic E-state index is 0.121. The van der Waals surface area contributed by atoms with E-state index in [2.05, 4.69) is 0 Å². The number of benzene rings is 2. The number of halogens is 1. The van der Waals surface area contributed by atoms with Crippen molar-refractivity contribution in [1.29, 1.82) is 0 Å². The van der Waals surface area contributed by atoms with Crippen molar-refractivity contribution in [2.24, 2.45) is 5.73 Å². The van der Waals surface area contributed by atoms with E-state index in [1.807, 2.05) is 0 Å². The van der Waals surface area contributed by atoms with Gasteiger partial charge >= 0.3 is 0 Å². The van der Waals surface area contributed by atoms with Crippen molar-refractivity contribution < 1.29 is 12.8 Å². The molecule has 0 unspecified atom stereocenters. The van der Waals surface area contributed by atoms with Crippen molar-refractivity contribution >= 4 is 15.7 Å². The van der Waals surface area contributed by atoms with E-state index in [-0.39, 0.29) is 18.0 Å². The Morgan fingerprint density at radius 1 is 1.14 bits per heavy atom. The Morgan fingerprint density at radius 3 is 2.48 bits per heavy atom. The van der Waals surface area contributed by atoms with Gasteiger partial charge in [0.25, 0.3) is 10.0 Å². The fraction of sp³-hybridized carbons (Fsp3) is 0.200. The highest BCUT2D eigenvalue weighted by Gasteiger charge is 2.25. The lowest BCUT2D eigenvalue weighted by Crippen LogP contribution is -2.31. The Kier molecular flexibility index (Phi) is 4.59. The second-order valence-electron chi connectivity index (χ2n) is 4.46. The number of anilines is 1. The molecule has 2 aromatic rings. The molecule has 0 fully saturated rings. The van der Waals surface area contributed by atoms with Crippen LogP contribution in [-0.4, -0.2) is 15.0 Å². The summed E-state index contributed by atoms with van der Waals surface area (Å²) in [6, 6.07) is 12.1. The molecule has 0 aliphatic carbocycles. The summed E-state index contributed by atoms with van der Waals surface area (Å²) in [6.07, 6.45) is 0. The van der Waals surface area contributed by atoms with Gasteiger partial charge in [-0.15, -0.1) is 0 Å². The van der Waals surface area contributed by atoms with Gasteiger partial charge in [0.2, 0.25) is 0 Å². The zero-order valence-electron chi connectivity index (χ0n) is 11.7. The number of hydrogen-bond donors (Lipinski definition) is 1. The SMILES string of the molecule is CCN(c1cccc(F)c1)S(=O)(=O)c1ccccc1CN. The molecule has 0 saturated heterocycles. The van der Waals surface area contributed by atoms with Crippen LogP contribution in [0.3, 0.4) is 0 Å². The molecule has 0 saturated carbocycles. The molecule has 0 aromatic heterocycles. The third-order valence-electron chi connectivity index (χ3n) is 3.14. The number of sulfonamides is 1. The van der Waals surface area contributed by atoms with Crippen LogP contribution in [0, 0.1) is 5.82 Å². The molecule has 4 nitrogen and oxygen atoms in total. The Labute approximate surface area is 124 Å². The fourth-order valence-electron chi connectivity index (χ4n) is 2.17. The van der Waals surface area contributed by atoms with E-state index in [0.29, 0.717) is 11.3 Å². The van der Waals surface area contributed by atoms with Crippen molar-refractivity contribution in [3.05, 3.63) is 59.9 Å². The van der Waals surface area contributed by atoms with Crippen LogP contribution in [0.1, 0.15) is 12.5 Å². The Morgan fingerprint density at radius 2 is 1.86 bits per heavy atom. The summed E-state index contributed by atoms with van der Waals surface area (Å²) >= 11 is 0.